The molecule has 150 valence electrons. The predicted octanol–water partition coefficient (Wildman–Crippen LogP) is 5.06. The third-order valence-electron chi connectivity index (χ3n) is 4.54. The molecule has 0 unspecified atom stereocenters. The van der Waals surface area contributed by atoms with Gasteiger partial charge in [-0.2, -0.15) is 9.87 Å². The lowest BCUT2D eigenvalue weighted by Gasteiger charge is -2.17. The summed E-state index contributed by atoms with van der Waals surface area (Å²) in [5, 5.41) is 0.0246. The molecule has 29 heavy (non-hydrogen) atoms. The van der Waals surface area contributed by atoms with Gasteiger partial charge in [0.05, 0.1) is 17.8 Å². The first-order valence-electron chi connectivity index (χ1n) is 8.92. The van der Waals surface area contributed by atoms with Crippen LogP contribution in [0, 0.1) is 5.82 Å². The van der Waals surface area contributed by atoms with E-state index in [1.165, 1.54) is 19.2 Å². The number of nitrogens with zero attached hydrogens (tertiary/aromatic N) is 2. The number of aromatic nitrogens is 2. The summed E-state index contributed by atoms with van der Waals surface area (Å²) in [6, 6.07) is 13.3. The van der Waals surface area contributed by atoms with Crippen LogP contribution < -0.4 is 9.62 Å². The van der Waals surface area contributed by atoms with E-state index in [0.29, 0.717) is 28.5 Å². The average Bonchev–Trinajstić information content (AvgIpc) is 3.50. The smallest absolute Gasteiger partial charge is 0.220 e. The minimum atomic E-state index is -0.684. The SMILES string of the molecule is COOc1ccccc1-c1cc(OC2(OC)CC2)nc(-c2ccc(Cl)c(F)c2)n1. The van der Waals surface area contributed by atoms with Gasteiger partial charge < -0.3 is 14.4 Å². The van der Waals surface area contributed by atoms with Crippen molar-refractivity contribution in [1.82, 2.24) is 9.97 Å². The first-order valence-corrected chi connectivity index (χ1v) is 9.30. The van der Waals surface area contributed by atoms with Crippen LogP contribution in [0.15, 0.2) is 48.5 Å². The van der Waals surface area contributed by atoms with Crippen molar-refractivity contribution in [2.24, 2.45) is 0 Å². The van der Waals surface area contributed by atoms with Gasteiger partial charge in [-0.15, -0.1) is 0 Å². The molecule has 1 aliphatic rings. The van der Waals surface area contributed by atoms with Gasteiger partial charge in [0.15, 0.2) is 11.6 Å². The van der Waals surface area contributed by atoms with Gasteiger partial charge in [0.25, 0.3) is 0 Å². The summed E-state index contributed by atoms with van der Waals surface area (Å²) in [6.45, 7) is 0. The summed E-state index contributed by atoms with van der Waals surface area (Å²) in [6.07, 6.45) is 1.52. The molecule has 1 fully saturated rings. The van der Waals surface area contributed by atoms with Gasteiger partial charge in [-0.05, 0) is 30.3 Å². The molecule has 4 rings (SSSR count). The highest BCUT2D eigenvalue weighted by atomic mass is 35.5. The van der Waals surface area contributed by atoms with Crippen LogP contribution >= 0.6 is 11.6 Å². The van der Waals surface area contributed by atoms with Gasteiger partial charge in [-0.3, -0.25) is 0 Å². The Kier molecular flexibility index (Phi) is 5.36. The Bertz CT molecular complexity index is 1040. The van der Waals surface area contributed by atoms with Crippen LogP contribution in [0.2, 0.25) is 5.02 Å². The van der Waals surface area contributed by atoms with E-state index in [0.717, 1.165) is 12.8 Å². The monoisotopic (exact) mass is 416 g/mol. The molecule has 0 N–H and O–H groups in total. The van der Waals surface area contributed by atoms with E-state index in [9.17, 15) is 4.39 Å². The van der Waals surface area contributed by atoms with E-state index in [4.69, 9.17) is 30.8 Å². The Labute approximate surface area is 172 Å². The van der Waals surface area contributed by atoms with Gasteiger partial charge in [0, 0.05) is 37.1 Å². The fourth-order valence-electron chi connectivity index (χ4n) is 2.86. The molecule has 6 nitrogen and oxygen atoms in total. The Morgan fingerprint density at radius 3 is 2.52 bits per heavy atom. The van der Waals surface area contributed by atoms with E-state index in [1.807, 2.05) is 18.2 Å². The summed E-state index contributed by atoms with van der Waals surface area (Å²) < 4.78 is 25.4. The highest BCUT2D eigenvalue weighted by molar-refractivity contribution is 6.30. The Morgan fingerprint density at radius 2 is 1.83 bits per heavy atom. The fourth-order valence-corrected chi connectivity index (χ4v) is 2.98. The fraction of sp³-hybridized carbons (Fsp3) is 0.238. The minimum absolute atomic E-state index is 0.0246. The third-order valence-corrected chi connectivity index (χ3v) is 4.84. The Morgan fingerprint density at radius 1 is 1.03 bits per heavy atom. The van der Waals surface area contributed by atoms with Crippen LogP contribution in [0.4, 0.5) is 4.39 Å². The first kappa shape index (κ1) is 19.6. The molecular weight excluding hydrogens is 399 g/mol. The number of benzene rings is 2. The molecule has 0 atom stereocenters. The average molecular weight is 417 g/mol. The summed E-state index contributed by atoms with van der Waals surface area (Å²) >= 11 is 5.81. The highest BCUT2D eigenvalue weighted by Crippen LogP contribution is 2.41. The van der Waals surface area contributed by atoms with Crippen LogP contribution in [-0.2, 0) is 9.62 Å². The molecule has 3 aromatic rings. The van der Waals surface area contributed by atoms with Crippen LogP contribution in [0.1, 0.15) is 12.8 Å². The van der Waals surface area contributed by atoms with Crippen LogP contribution in [0.25, 0.3) is 22.6 Å². The standard InChI is InChI=1S/C21H18ClFN2O4/c1-26-21(9-10-21)28-19-12-17(14-5-3-4-6-18(14)29-27-2)24-20(25-19)13-7-8-15(22)16(23)11-13/h3-8,11-12H,9-10H2,1-2H3. The van der Waals surface area contributed by atoms with Crippen molar-refractivity contribution in [1.29, 1.82) is 0 Å². The molecule has 8 heteroatoms. The molecule has 0 radical (unpaired) electrons. The highest BCUT2D eigenvalue weighted by Gasteiger charge is 2.46. The third kappa shape index (κ3) is 4.17. The maximum absolute atomic E-state index is 14.0. The summed E-state index contributed by atoms with van der Waals surface area (Å²) in [5.74, 6) is -0.171. The number of para-hydroxylation sites is 1. The van der Waals surface area contributed by atoms with E-state index >= 15 is 0 Å². The number of rotatable bonds is 7. The van der Waals surface area contributed by atoms with Crippen molar-refractivity contribution in [2.45, 2.75) is 18.6 Å². The zero-order valence-electron chi connectivity index (χ0n) is 15.8. The summed E-state index contributed by atoms with van der Waals surface area (Å²) in [4.78, 5) is 19.1. The minimum Gasteiger partial charge on any atom is -0.445 e. The molecule has 2 aromatic carbocycles. The quantitative estimate of drug-likeness (QED) is 0.305. The number of methoxy groups -OCH3 is 1. The molecule has 1 aliphatic carbocycles. The predicted molar refractivity (Wildman–Crippen MR) is 105 cm³/mol. The number of hydrogen-bond acceptors (Lipinski definition) is 6. The molecule has 1 heterocycles. The lowest BCUT2D eigenvalue weighted by Crippen LogP contribution is -2.21. The molecule has 0 saturated heterocycles. The van der Waals surface area contributed by atoms with E-state index in [2.05, 4.69) is 9.97 Å². The van der Waals surface area contributed by atoms with Crippen molar-refractivity contribution in [3.63, 3.8) is 0 Å². The Hall–Kier alpha value is -2.74. The lowest BCUT2D eigenvalue weighted by molar-refractivity contribution is -0.177. The molecule has 0 amide bonds. The number of hydrogen-bond donors (Lipinski definition) is 0. The van der Waals surface area contributed by atoms with E-state index in [1.54, 1.807) is 25.3 Å². The molecule has 0 aliphatic heterocycles. The number of ether oxygens (including phenoxy) is 2. The maximum Gasteiger partial charge on any atom is 0.220 e. The topological polar surface area (TPSA) is 62.7 Å². The second-order valence-electron chi connectivity index (χ2n) is 6.51. The van der Waals surface area contributed by atoms with Gasteiger partial charge in [-0.1, -0.05) is 23.7 Å². The molecule has 0 bridgehead atoms. The van der Waals surface area contributed by atoms with Crippen molar-refractivity contribution in [3.05, 3.63) is 59.4 Å². The second-order valence-corrected chi connectivity index (χ2v) is 6.91. The zero-order valence-corrected chi connectivity index (χ0v) is 16.6. The van der Waals surface area contributed by atoms with Gasteiger partial charge >= 0.3 is 0 Å². The van der Waals surface area contributed by atoms with Gasteiger partial charge in [0.1, 0.15) is 5.82 Å². The molecule has 1 aromatic heterocycles. The van der Waals surface area contributed by atoms with Crippen LogP contribution in [-0.4, -0.2) is 30.0 Å². The van der Waals surface area contributed by atoms with Crippen molar-refractivity contribution in [2.75, 3.05) is 14.2 Å². The molecule has 0 spiro atoms. The first-order chi connectivity index (χ1) is 14.0. The number of halogens is 2. The van der Waals surface area contributed by atoms with E-state index in [-0.39, 0.29) is 10.8 Å². The second kappa shape index (κ2) is 7.94. The normalized spacial score (nSPS) is 14.5. The van der Waals surface area contributed by atoms with Crippen molar-refractivity contribution < 1.29 is 23.6 Å². The lowest BCUT2D eigenvalue weighted by atomic mass is 10.1. The zero-order chi connectivity index (χ0) is 20.4. The van der Waals surface area contributed by atoms with Crippen LogP contribution in [0.3, 0.4) is 0 Å². The van der Waals surface area contributed by atoms with Crippen molar-refractivity contribution in [3.8, 4) is 34.3 Å². The van der Waals surface area contributed by atoms with Gasteiger partial charge in [-0.25, -0.2) is 9.37 Å². The van der Waals surface area contributed by atoms with Crippen LogP contribution in [0.5, 0.6) is 11.6 Å². The van der Waals surface area contributed by atoms with E-state index < -0.39 is 11.6 Å². The summed E-state index contributed by atoms with van der Waals surface area (Å²) in [5.41, 5.74) is 1.66. The van der Waals surface area contributed by atoms with Gasteiger partial charge in [0.2, 0.25) is 11.7 Å². The van der Waals surface area contributed by atoms with Crippen molar-refractivity contribution >= 4 is 11.6 Å². The molecular formula is C21H18ClFN2O4. The summed E-state index contributed by atoms with van der Waals surface area (Å²) in [7, 11) is 3.01. The largest absolute Gasteiger partial charge is 0.445 e. The maximum atomic E-state index is 14.0. The Balaban J connectivity index is 1.83. The molecule has 1 saturated carbocycles.